The van der Waals surface area contributed by atoms with Crippen molar-refractivity contribution in [2.24, 2.45) is 5.92 Å². The highest BCUT2D eigenvalue weighted by atomic mass is 16.2. The van der Waals surface area contributed by atoms with Crippen molar-refractivity contribution in [3.05, 3.63) is 29.8 Å². The summed E-state index contributed by atoms with van der Waals surface area (Å²) in [6.45, 7) is 6.70. The summed E-state index contributed by atoms with van der Waals surface area (Å²) < 4.78 is 0. The number of nitrogens with zero attached hydrogens (tertiary/aromatic N) is 2. The Bertz CT molecular complexity index is 460. The maximum Gasteiger partial charge on any atom is 0.227 e. The van der Waals surface area contributed by atoms with E-state index in [9.17, 15) is 4.79 Å². The van der Waals surface area contributed by atoms with E-state index in [1.807, 2.05) is 4.90 Å². The molecule has 3 heteroatoms. The lowest BCUT2D eigenvalue weighted by Crippen LogP contribution is -2.32. The Morgan fingerprint density at radius 2 is 1.80 bits per heavy atom. The smallest absolute Gasteiger partial charge is 0.227 e. The first-order valence-electron chi connectivity index (χ1n) is 7.84. The number of carbonyl (C=O) groups is 1. The Hall–Kier alpha value is -1.35. The van der Waals surface area contributed by atoms with E-state index < -0.39 is 0 Å². The molecule has 0 spiro atoms. The van der Waals surface area contributed by atoms with Crippen LogP contribution < -0.4 is 4.90 Å². The van der Waals surface area contributed by atoms with Crippen molar-refractivity contribution < 1.29 is 4.79 Å². The number of likely N-dealkylation sites (tertiary alicyclic amines) is 1. The van der Waals surface area contributed by atoms with Gasteiger partial charge < -0.3 is 4.90 Å². The molecule has 3 rings (SSSR count). The average molecular weight is 272 g/mol. The zero-order valence-electron chi connectivity index (χ0n) is 12.3. The Balaban J connectivity index is 1.60. The molecule has 3 nitrogen and oxygen atoms in total. The van der Waals surface area contributed by atoms with Crippen LogP contribution in [0.3, 0.4) is 0 Å². The molecule has 0 atom stereocenters. The molecule has 0 aliphatic carbocycles. The molecule has 1 aromatic carbocycles. The molecule has 1 amide bonds. The molecular weight excluding hydrogens is 248 g/mol. The fourth-order valence-corrected chi connectivity index (χ4v) is 3.18. The van der Waals surface area contributed by atoms with Gasteiger partial charge in [-0.25, -0.2) is 0 Å². The van der Waals surface area contributed by atoms with Crippen molar-refractivity contribution in [1.29, 1.82) is 0 Å². The molecule has 2 saturated heterocycles. The molecule has 0 radical (unpaired) electrons. The van der Waals surface area contributed by atoms with Crippen LogP contribution in [-0.2, 0) is 11.3 Å². The molecule has 0 bridgehead atoms. The largest absolute Gasteiger partial charge is 0.312 e. The number of piperidine rings is 1. The van der Waals surface area contributed by atoms with Gasteiger partial charge in [-0.15, -0.1) is 0 Å². The van der Waals surface area contributed by atoms with Crippen LogP contribution in [0.1, 0.15) is 38.2 Å². The van der Waals surface area contributed by atoms with Gasteiger partial charge in [0.15, 0.2) is 0 Å². The Kier molecular flexibility index (Phi) is 4.06. The summed E-state index contributed by atoms with van der Waals surface area (Å²) in [7, 11) is 0. The van der Waals surface area contributed by atoms with E-state index in [1.54, 1.807) is 0 Å². The minimum Gasteiger partial charge on any atom is -0.312 e. The number of rotatable bonds is 3. The summed E-state index contributed by atoms with van der Waals surface area (Å²) in [6.07, 6.45) is 4.33. The fourth-order valence-electron chi connectivity index (χ4n) is 3.18. The maximum atomic E-state index is 11.7. The lowest BCUT2D eigenvalue weighted by Gasteiger charge is -2.30. The van der Waals surface area contributed by atoms with Crippen molar-refractivity contribution in [2.75, 3.05) is 24.5 Å². The van der Waals surface area contributed by atoms with Gasteiger partial charge in [0, 0.05) is 25.2 Å². The van der Waals surface area contributed by atoms with Crippen LogP contribution in [0.25, 0.3) is 0 Å². The molecule has 0 aromatic heterocycles. The van der Waals surface area contributed by atoms with Gasteiger partial charge in [0.05, 0.1) is 0 Å². The third kappa shape index (κ3) is 3.04. The lowest BCUT2D eigenvalue weighted by atomic mass is 9.99. The molecular formula is C17H24N2O. The summed E-state index contributed by atoms with van der Waals surface area (Å²) in [5, 5.41) is 0. The molecule has 2 fully saturated rings. The number of carbonyl (C=O) groups excluding carboxylic acids is 1. The molecule has 2 aliphatic rings. The predicted molar refractivity (Wildman–Crippen MR) is 81.7 cm³/mol. The van der Waals surface area contributed by atoms with Crippen molar-refractivity contribution in [3.63, 3.8) is 0 Å². The second-order valence-electron chi connectivity index (χ2n) is 6.27. The molecule has 2 heterocycles. The SMILES string of the molecule is CC1CCN(Cc2ccc(N3CCCC3=O)cc2)CC1. The fraction of sp³-hybridized carbons (Fsp3) is 0.588. The summed E-state index contributed by atoms with van der Waals surface area (Å²) in [5.74, 6) is 1.15. The van der Waals surface area contributed by atoms with Crippen LogP contribution in [-0.4, -0.2) is 30.4 Å². The number of hydrogen-bond donors (Lipinski definition) is 0. The summed E-state index contributed by atoms with van der Waals surface area (Å²) in [6, 6.07) is 8.56. The number of benzene rings is 1. The zero-order chi connectivity index (χ0) is 13.9. The van der Waals surface area contributed by atoms with Crippen LogP contribution in [0.2, 0.25) is 0 Å². The van der Waals surface area contributed by atoms with Gasteiger partial charge in [0.2, 0.25) is 5.91 Å². The summed E-state index contributed by atoms with van der Waals surface area (Å²) >= 11 is 0. The van der Waals surface area contributed by atoms with E-state index in [-0.39, 0.29) is 5.91 Å². The van der Waals surface area contributed by atoms with E-state index in [4.69, 9.17) is 0 Å². The van der Waals surface area contributed by atoms with Crippen LogP contribution >= 0.6 is 0 Å². The first-order chi connectivity index (χ1) is 9.72. The number of amides is 1. The quantitative estimate of drug-likeness (QED) is 0.844. The van der Waals surface area contributed by atoms with E-state index in [1.165, 1.54) is 31.5 Å². The summed E-state index contributed by atoms with van der Waals surface area (Å²) in [5.41, 5.74) is 2.42. The maximum absolute atomic E-state index is 11.7. The topological polar surface area (TPSA) is 23.6 Å². The van der Waals surface area contributed by atoms with Crippen LogP contribution in [0, 0.1) is 5.92 Å². The van der Waals surface area contributed by atoms with Gasteiger partial charge in [-0.3, -0.25) is 9.69 Å². The highest BCUT2D eigenvalue weighted by molar-refractivity contribution is 5.95. The zero-order valence-corrected chi connectivity index (χ0v) is 12.3. The van der Waals surface area contributed by atoms with Crippen molar-refractivity contribution in [3.8, 4) is 0 Å². The van der Waals surface area contributed by atoms with E-state index in [0.717, 1.165) is 31.1 Å². The van der Waals surface area contributed by atoms with Gasteiger partial charge in [-0.05, 0) is 56.0 Å². The first kappa shape index (κ1) is 13.6. The number of anilines is 1. The van der Waals surface area contributed by atoms with Gasteiger partial charge >= 0.3 is 0 Å². The predicted octanol–water partition coefficient (Wildman–Crippen LogP) is 3.05. The van der Waals surface area contributed by atoms with Crippen molar-refractivity contribution in [1.82, 2.24) is 4.90 Å². The van der Waals surface area contributed by atoms with E-state index in [0.29, 0.717) is 6.42 Å². The standard InChI is InChI=1S/C17H24N2O/c1-14-8-11-18(12-9-14)13-15-4-6-16(7-5-15)19-10-2-3-17(19)20/h4-7,14H,2-3,8-13H2,1H3. The van der Waals surface area contributed by atoms with Gasteiger partial charge in [0.25, 0.3) is 0 Å². The molecule has 108 valence electrons. The molecule has 20 heavy (non-hydrogen) atoms. The Morgan fingerprint density at radius 3 is 2.40 bits per heavy atom. The third-order valence-corrected chi connectivity index (χ3v) is 4.60. The normalized spacial score (nSPS) is 21.6. The van der Waals surface area contributed by atoms with Crippen LogP contribution in [0.5, 0.6) is 0 Å². The molecule has 0 saturated carbocycles. The van der Waals surface area contributed by atoms with Crippen molar-refractivity contribution in [2.45, 2.75) is 39.2 Å². The number of hydrogen-bond acceptors (Lipinski definition) is 2. The van der Waals surface area contributed by atoms with Crippen LogP contribution in [0.4, 0.5) is 5.69 Å². The van der Waals surface area contributed by atoms with Gasteiger partial charge in [-0.1, -0.05) is 19.1 Å². The average Bonchev–Trinajstić information content (AvgIpc) is 2.89. The molecule has 0 N–H and O–H groups in total. The van der Waals surface area contributed by atoms with Crippen LogP contribution in [0.15, 0.2) is 24.3 Å². The lowest BCUT2D eigenvalue weighted by molar-refractivity contribution is -0.117. The second-order valence-corrected chi connectivity index (χ2v) is 6.27. The minimum atomic E-state index is 0.266. The van der Waals surface area contributed by atoms with Gasteiger partial charge in [-0.2, -0.15) is 0 Å². The Labute approximate surface area is 121 Å². The summed E-state index contributed by atoms with van der Waals surface area (Å²) in [4.78, 5) is 16.2. The van der Waals surface area contributed by atoms with Gasteiger partial charge in [0.1, 0.15) is 0 Å². The minimum absolute atomic E-state index is 0.266. The molecule has 2 aliphatic heterocycles. The monoisotopic (exact) mass is 272 g/mol. The second kappa shape index (κ2) is 5.96. The molecule has 1 aromatic rings. The highest BCUT2D eigenvalue weighted by Crippen LogP contribution is 2.23. The molecule has 0 unspecified atom stereocenters. The third-order valence-electron chi connectivity index (χ3n) is 4.60. The van der Waals surface area contributed by atoms with Crippen molar-refractivity contribution >= 4 is 11.6 Å². The van der Waals surface area contributed by atoms with E-state index in [2.05, 4.69) is 36.1 Å². The van der Waals surface area contributed by atoms with E-state index >= 15 is 0 Å². The Morgan fingerprint density at radius 1 is 1.10 bits per heavy atom. The first-order valence-corrected chi connectivity index (χ1v) is 7.84. The highest BCUT2D eigenvalue weighted by Gasteiger charge is 2.21.